The summed E-state index contributed by atoms with van der Waals surface area (Å²) in [6.07, 6.45) is -2.40. The topological polar surface area (TPSA) is 46.5 Å². The lowest BCUT2D eigenvalue weighted by atomic mass is 10.2. The van der Waals surface area contributed by atoms with E-state index in [1.54, 1.807) is 6.92 Å². The maximum atomic E-state index is 12.3. The molecule has 0 fully saturated rings. The summed E-state index contributed by atoms with van der Waals surface area (Å²) in [5.74, 6) is -0.850. The molecular weight excluding hydrogens is 237 g/mol. The van der Waals surface area contributed by atoms with Gasteiger partial charge in [-0.3, -0.25) is 0 Å². The first-order chi connectivity index (χ1) is 7.86. The van der Waals surface area contributed by atoms with Crippen LogP contribution in [0.1, 0.15) is 6.92 Å². The smallest absolute Gasteiger partial charge is 0.416 e. The van der Waals surface area contributed by atoms with Gasteiger partial charge >= 0.3 is 12.1 Å². The maximum absolute atomic E-state index is 12.3. The van der Waals surface area contributed by atoms with Crippen molar-refractivity contribution in [2.75, 3.05) is 13.2 Å². The molecule has 0 aromatic carbocycles. The van der Waals surface area contributed by atoms with Crippen molar-refractivity contribution in [1.29, 1.82) is 0 Å². The molecular formula is C11H13F3O3. The number of rotatable bonds is 5. The number of aliphatic hydroxyl groups excluding tert-OH is 1. The van der Waals surface area contributed by atoms with Crippen LogP contribution in [0.3, 0.4) is 0 Å². The molecule has 0 saturated carbocycles. The summed E-state index contributed by atoms with van der Waals surface area (Å²) in [6.45, 7) is 3.95. The Bertz CT molecular complexity index is 340. The Labute approximate surface area is 96.9 Å². The number of alkyl halides is 3. The molecule has 0 aliphatic carbocycles. The Morgan fingerprint density at radius 3 is 2.35 bits per heavy atom. The third kappa shape index (κ3) is 5.35. The molecule has 0 aromatic heterocycles. The normalized spacial score (nSPS) is 13.5. The fourth-order valence-corrected chi connectivity index (χ4v) is 0.878. The SMILES string of the molecule is C=C/C(=C\C=C(/CO)C(=O)OCC)C(F)(F)F. The van der Waals surface area contributed by atoms with E-state index < -0.39 is 24.3 Å². The number of hydrogen-bond acceptors (Lipinski definition) is 3. The van der Waals surface area contributed by atoms with E-state index >= 15 is 0 Å². The van der Waals surface area contributed by atoms with Crippen LogP contribution in [0.15, 0.2) is 36.0 Å². The quantitative estimate of drug-likeness (QED) is 0.462. The molecule has 0 radical (unpaired) electrons. The van der Waals surface area contributed by atoms with E-state index in [1.807, 2.05) is 0 Å². The lowest BCUT2D eigenvalue weighted by Gasteiger charge is -2.06. The summed E-state index contributed by atoms with van der Waals surface area (Å²) >= 11 is 0. The second-order valence-corrected chi connectivity index (χ2v) is 2.89. The van der Waals surface area contributed by atoms with Gasteiger partial charge < -0.3 is 9.84 Å². The Morgan fingerprint density at radius 1 is 1.41 bits per heavy atom. The highest BCUT2D eigenvalue weighted by Gasteiger charge is 2.30. The van der Waals surface area contributed by atoms with Gasteiger partial charge in [-0.2, -0.15) is 13.2 Å². The molecule has 0 rings (SSSR count). The molecule has 0 saturated heterocycles. The molecule has 0 unspecified atom stereocenters. The standard InChI is InChI=1S/C11H13F3O3/c1-3-9(11(12,13)14)6-5-8(7-15)10(16)17-4-2/h3,5-6,15H,1,4,7H2,2H3/b8-5+,9-6+. The van der Waals surface area contributed by atoms with E-state index in [4.69, 9.17) is 5.11 Å². The molecule has 0 bridgehead atoms. The van der Waals surface area contributed by atoms with Crippen LogP contribution in [0.2, 0.25) is 0 Å². The lowest BCUT2D eigenvalue weighted by Crippen LogP contribution is -2.12. The second-order valence-electron chi connectivity index (χ2n) is 2.89. The zero-order chi connectivity index (χ0) is 13.5. The number of aliphatic hydroxyl groups is 1. The minimum atomic E-state index is -4.55. The molecule has 0 atom stereocenters. The Hall–Kier alpha value is -1.56. The average Bonchev–Trinajstić information content (AvgIpc) is 2.23. The van der Waals surface area contributed by atoms with Gasteiger partial charge in [0.05, 0.1) is 24.4 Å². The Balaban J connectivity index is 5.03. The molecule has 0 aliphatic heterocycles. The van der Waals surface area contributed by atoms with Crippen molar-refractivity contribution in [3.63, 3.8) is 0 Å². The van der Waals surface area contributed by atoms with Crippen molar-refractivity contribution in [1.82, 2.24) is 0 Å². The first-order valence-corrected chi connectivity index (χ1v) is 4.75. The van der Waals surface area contributed by atoms with Crippen molar-refractivity contribution in [2.45, 2.75) is 13.1 Å². The molecule has 3 nitrogen and oxygen atoms in total. The molecule has 1 N–H and O–H groups in total. The minimum absolute atomic E-state index is 0.0769. The monoisotopic (exact) mass is 250 g/mol. The molecule has 0 heterocycles. The van der Waals surface area contributed by atoms with Crippen LogP contribution >= 0.6 is 0 Å². The van der Waals surface area contributed by atoms with Crippen molar-refractivity contribution < 1.29 is 27.8 Å². The van der Waals surface area contributed by atoms with Gasteiger partial charge in [0.15, 0.2) is 0 Å². The van der Waals surface area contributed by atoms with Crippen molar-refractivity contribution in [3.05, 3.63) is 36.0 Å². The van der Waals surface area contributed by atoms with Crippen molar-refractivity contribution >= 4 is 5.97 Å². The van der Waals surface area contributed by atoms with Gasteiger partial charge in [-0.15, -0.1) is 0 Å². The molecule has 6 heteroatoms. The minimum Gasteiger partial charge on any atom is -0.463 e. The number of allylic oxidation sites excluding steroid dienone is 4. The predicted octanol–water partition coefficient (Wildman–Crippen LogP) is 2.14. The molecule has 17 heavy (non-hydrogen) atoms. The van der Waals surface area contributed by atoms with Crippen LogP contribution in [0.5, 0.6) is 0 Å². The van der Waals surface area contributed by atoms with Gasteiger partial charge in [-0.1, -0.05) is 12.7 Å². The van der Waals surface area contributed by atoms with Gasteiger partial charge in [0, 0.05) is 0 Å². The van der Waals surface area contributed by atoms with Crippen LogP contribution in [-0.4, -0.2) is 30.5 Å². The summed E-state index contributed by atoms with van der Waals surface area (Å²) in [4.78, 5) is 11.1. The number of esters is 1. The van der Waals surface area contributed by atoms with Gasteiger partial charge in [0.2, 0.25) is 0 Å². The maximum Gasteiger partial charge on any atom is 0.416 e. The first kappa shape index (κ1) is 15.4. The van der Waals surface area contributed by atoms with Crippen LogP contribution in [0.25, 0.3) is 0 Å². The van der Waals surface area contributed by atoms with E-state index in [1.165, 1.54) is 0 Å². The highest BCUT2D eigenvalue weighted by molar-refractivity contribution is 5.89. The summed E-state index contributed by atoms with van der Waals surface area (Å²) in [5, 5.41) is 8.81. The Morgan fingerprint density at radius 2 is 2.00 bits per heavy atom. The molecule has 0 aliphatic rings. The zero-order valence-electron chi connectivity index (χ0n) is 9.25. The van der Waals surface area contributed by atoms with E-state index in [0.717, 1.165) is 6.08 Å². The summed E-state index contributed by atoms with van der Waals surface area (Å²) in [7, 11) is 0. The molecule has 0 spiro atoms. The summed E-state index contributed by atoms with van der Waals surface area (Å²) < 4.78 is 41.4. The van der Waals surface area contributed by atoms with Gasteiger partial charge in [-0.25, -0.2) is 4.79 Å². The first-order valence-electron chi connectivity index (χ1n) is 4.75. The van der Waals surface area contributed by atoms with Crippen LogP contribution < -0.4 is 0 Å². The highest BCUT2D eigenvalue weighted by atomic mass is 19.4. The third-order valence-corrected chi connectivity index (χ3v) is 1.72. The van der Waals surface area contributed by atoms with E-state index in [2.05, 4.69) is 11.3 Å². The van der Waals surface area contributed by atoms with E-state index in [0.29, 0.717) is 12.2 Å². The third-order valence-electron chi connectivity index (χ3n) is 1.72. The predicted molar refractivity (Wildman–Crippen MR) is 56.1 cm³/mol. The number of hydrogen-bond donors (Lipinski definition) is 1. The molecule has 0 aromatic rings. The fourth-order valence-electron chi connectivity index (χ4n) is 0.878. The largest absolute Gasteiger partial charge is 0.463 e. The number of carbonyl (C=O) groups excluding carboxylic acids is 1. The van der Waals surface area contributed by atoms with Gasteiger partial charge in [-0.05, 0) is 19.1 Å². The second kappa shape index (κ2) is 6.90. The van der Waals surface area contributed by atoms with Gasteiger partial charge in [0.25, 0.3) is 0 Å². The highest BCUT2D eigenvalue weighted by Crippen LogP contribution is 2.26. The number of halogens is 3. The van der Waals surface area contributed by atoms with E-state index in [-0.39, 0.29) is 12.2 Å². The number of carbonyl (C=O) groups is 1. The van der Waals surface area contributed by atoms with Crippen LogP contribution in [-0.2, 0) is 9.53 Å². The van der Waals surface area contributed by atoms with Crippen molar-refractivity contribution in [2.24, 2.45) is 0 Å². The van der Waals surface area contributed by atoms with Crippen LogP contribution in [0, 0.1) is 0 Å². The van der Waals surface area contributed by atoms with Crippen LogP contribution in [0.4, 0.5) is 13.2 Å². The van der Waals surface area contributed by atoms with Crippen molar-refractivity contribution in [3.8, 4) is 0 Å². The Kier molecular flexibility index (Phi) is 6.27. The molecule has 0 amide bonds. The van der Waals surface area contributed by atoms with E-state index in [9.17, 15) is 18.0 Å². The zero-order valence-corrected chi connectivity index (χ0v) is 9.25. The summed E-state index contributed by atoms with van der Waals surface area (Å²) in [6, 6.07) is 0. The molecule has 96 valence electrons. The summed E-state index contributed by atoms with van der Waals surface area (Å²) in [5.41, 5.74) is -1.26. The number of ether oxygens (including phenoxy) is 1. The fraction of sp³-hybridized carbons (Fsp3) is 0.364. The lowest BCUT2D eigenvalue weighted by molar-refractivity contribution is -0.139. The average molecular weight is 250 g/mol. The van der Waals surface area contributed by atoms with Gasteiger partial charge in [0.1, 0.15) is 0 Å².